The molecule has 2 aliphatic carbocycles. The van der Waals surface area contributed by atoms with E-state index in [1.165, 1.54) is 80.8 Å². The van der Waals surface area contributed by atoms with Gasteiger partial charge in [0.25, 0.3) is 0 Å². The third-order valence-corrected chi connectivity index (χ3v) is 21.8. The number of likely N-dealkylation sites (tertiary alicyclic amines) is 1. The molecule has 0 aromatic carbocycles. The Morgan fingerprint density at radius 3 is 1.78 bits per heavy atom. The molecule has 28 heteroatoms. The second-order valence-electron chi connectivity index (χ2n) is 29.5. The predicted molar refractivity (Wildman–Crippen MR) is 360 cm³/mol. The van der Waals surface area contributed by atoms with Gasteiger partial charge in [0.15, 0.2) is 0 Å². The van der Waals surface area contributed by atoms with E-state index in [0.29, 0.717) is 38.8 Å². The lowest BCUT2D eigenvalue weighted by atomic mass is 9.78. The number of alkyl halides is 4. The van der Waals surface area contributed by atoms with Crippen LogP contribution in [0.2, 0.25) is 0 Å². The first-order chi connectivity index (χ1) is 45.4. The average molecular weight is 1400 g/mol. The van der Waals surface area contributed by atoms with Gasteiger partial charge in [-0.05, 0) is 120 Å². The zero-order chi connectivity index (χ0) is 72.7. The Hall–Kier alpha value is -6.28. The predicted octanol–water partition coefficient (Wildman–Crippen LogP) is 5.42. The van der Waals surface area contributed by atoms with Crippen molar-refractivity contribution in [3.8, 4) is 0 Å². The molecule has 97 heavy (non-hydrogen) atoms. The fraction of sp³-hybridized carbons (Fsp3) is 0.826. The van der Waals surface area contributed by atoms with Gasteiger partial charge < -0.3 is 60.0 Å². The zero-order valence-electron chi connectivity index (χ0n) is 60.4. The van der Waals surface area contributed by atoms with Crippen LogP contribution in [-0.4, -0.2) is 263 Å². The van der Waals surface area contributed by atoms with Gasteiger partial charge in [-0.2, -0.15) is 13.2 Å². The van der Waals surface area contributed by atoms with Crippen molar-refractivity contribution >= 4 is 82.5 Å². The maximum absolute atomic E-state index is 15.3. The van der Waals surface area contributed by atoms with E-state index in [2.05, 4.69) is 16.0 Å². The van der Waals surface area contributed by atoms with Crippen molar-refractivity contribution in [2.75, 3.05) is 88.6 Å². The minimum Gasteiger partial charge on any atom is -0.343 e. The molecular formula is C69H114ClF3N12O12. The molecule has 5 fully saturated rings. The topological polar surface area (TPSA) is 270 Å². The molecule has 12 atom stereocenters. The van der Waals surface area contributed by atoms with E-state index in [-0.39, 0.29) is 82.1 Å². The van der Waals surface area contributed by atoms with Gasteiger partial charge in [0.05, 0.1) is 32.0 Å². The maximum atomic E-state index is 15.3. The minimum absolute atomic E-state index is 0.00627. The van der Waals surface area contributed by atoms with Crippen molar-refractivity contribution in [3.05, 3.63) is 0 Å². The van der Waals surface area contributed by atoms with Gasteiger partial charge in [-0.1, -0.05) is 87.0 Å². The highest BCUT2D eigenvalue weighted by Gasteiger charge is 2.49. The van der Waals surface area contributed by atoms with E-state index in [0.717, 1.165) is 53.2 Å². The van der Waals surface area contributed by atoms with Gasteiger partial charge in [-0.3, -0.25) is 57.5 Å². The molecule has 5 aliphatic rings. The van der Waals surface area contributed by atoms with Gasteiger partial charge in [0.1, 0.15) is 47.8 Å². The quantitative estimate of drug-likeness (QED) is 0.207. The van der Waals surface area contributed by atoms with Crippen molar-refractivity contribution in [3.63, 3.8) is 0 Å². The third kappa shape index (κ3) is 21.4. The Kier molecular flexibility index (Phi) is 30.4. The molecule has 12 amide bonds. The van der Waals surface area contributed by atoms with Crippen LogP contribution in [0.3, 0.4) is 0 Å². The van der Waals surface area contributed by atoms with Crippen molar-refractivity contribution in [1.82, 2.24) is 60.0 Å². The Bertz CT molecular complexity index is 2790. The Labute approximate surface area is 578 Å². The summed E-state index contributed by atoms with van der Waals surface area (Å²) in [6, 6.07) is -8.73. The van der Waals surface area contributed by atoms with Crippen LogP contribution in [0.4, 0.5) is 13.2 Å². The summed E-state index contributed by atoms with van der Waals surface area (Å²) in [4.78, 5) is 188. The molecule has 3 N–H and O–H groups in total. The molecule has 2 saturated carbocycles. The summed E-state index contributed by atoms with van der Waals surface area (Å²) in [6.45, 7) is 13.0. The van der Waals surface area contributed by atoms with Crippen LogP contribution in [0, 0.1) is 35.5 Å². The molecule has 550 valence electrons. The molecule has 5 rings (SSSR count). The number of halogens is 4. The number of likely N-dealkylation sites (N-methyl/N-ethyl adjacent to an activating group) is 7. The molecule has 0 aromatic heterocycles. The summed E-state index contributed by atoms with van der Waals surface area (Å²) in [5.41, 5.74) is -1.72. The van der Waals surface area contributed by atoms with Crippen LogP contribution in [0.1, 0.15) is 184 Å². The lowest BCUT2D eigenvalue weighted by Crippen LogP contribution is -2.64. The number of nitrogens with zero attached hydrogens (tertiary/aromatic N) is 9. The van der Waals surface area contributed by atoms with Crippen LogP contribution in [0.5, 0.6) is 0 Å². The number of hydrogen-bond acceptors (Lipinski definition) is 12. The van der Waals surface area contributed by atoms with Gasteiger partial charge in [-0.25, -0.2) is 0 Å². The summed E-state index contributed by atoms with van der Waals surface area (Å²) in [6.07, 6.45) is 2.74. The van der Waals surface area contributed by atoms with Crippen LogP contribution in [-0.2, 0) is 57.5 Å². The molecule has 0 aromatic rings. The first-order valence-corrected chi connectivity index (χ1v) is 35.8. The second-order valence-corrected chi connectivity index (χ2v) is 30.0. The molecular weight excluding hydrogens is 1280 g/mol. The van der Waals surface area contributed by atoms with Crippen LogP contribution >= 0.6 is 11.6 Å². The van der Waals surface area contributed by atoms with Crippen molar-refractivity contribution in [2.24, 2.45) is 35.5 Å². The fourth-order valence-corrected chi connectivity index (χ4v) is 15.1. The molecule has 0 spiro atoms. The summed E-state index contributed by atoms with van der Waals surface area (Å²) < 4.78 is 41.9. The van der Waals surface area contributed by atoms with Crippen LogP contribution in [0.15, 0.2) is 0 Å². The Morgan fingerprint density at radius 2 is 1.21 bits per heavy atom. The van der Waals surface area contributed by atoms with Gasteiger partial charge >= 0.3 is 6.18 Å². The maximum Gasteiger partial charge on any atom is 0.393 e. The third-order valence-electron chi connectivity index (χ3n) is 21.3. The van der Waals surface area contributed by atoms with E-state index in [9.17, 15) is 56.3 Å². The number of amides is 12. The highest BCUT2D eigenvalue weighted by molar-refractivity contribution is 6.20. The number of hydrogen-bond donors (Lipinski definition) is 3. The van der Waals surface area contributed by atoms with Crippen molar-refractivity contribution < 1.29 is 70.7 Å². The second kappa shape index (κ2) is 36.2. The molecule has 0 bridgehead atoms. The molecule has 24 nitrogen and oxygen atoms in total. The summed E-state index contributed by atoms with van der Waals surface area (Å²) >= 11 is 6.37. The molecule has 3 saturated heterocycles. The number of piperidine rings is 1. The first-order valence-electron chi connectivity index (χ1n) is 35.4. The van der Waals surface area contributed by atoms with E-state index < -0.39 is 174 Å². The molecule has 3 aliphatic heterocycles. The number of nitrogens with one attached hydrogen (secondary N) is 3. The zero-order valence-corrected chi connectivity index (χ0v) is 61.2. The monoisotopic (exact) mass is 1390 g/mol. The van der Waals surface area contributed by atoms with Gasteiger partial charge in [0.2, 0.25) is 70.9 Å². The molecule has 3 unspecified atom stereocenters. The largest absolute Gasteiger partial charge is 0.393 e. The van der Waals surface area contributed by atoms with Crippen LogP contribution < -0.4 is 16.0 Å². The lowest BCUT2D eigenvalue weighted by molar-refractivity contribution is -0.182. The number of carbonyl (C=O) groups excluding carboxylic acids is 12. The summed E-state index contributed by atoms with van der Waals surface area (Å²) in [7, 11) is 9.83. The number of rotatable bonds is 12. The normalized spacial score (nSPS) is 29.9. The average Bonchev–Trinajstić information content (AvgIpc) is 1.47. The number of fused-ring (bicyclic) bond motifs is 1. The molecule has 3 heterocycles. The lowest BCUT2D eigenvalue weighted by Gasteiger charge is -2.41. The van der Waals surface area contributed by atoms with E-state index in [1.54, 1.807) is 32.6 Å². The minimum atomic E-state index is -4.51. The molecule has 0 radical (unpaired) electrons. The van der Waals surface area contributed by atoms with E-state index in [1.807, 2.05) is 20.8 Å². The van der Waals surface area contributed by atoms with Gasteiger partial charge in [-0.15, -0.1) is 11.6 Å². The van der Waals surface area contributed by atoms with Crippen molar-refractivity contribution in [1.29, 1.82) is 0 Å². The Balaban J connectivity index is 1.59. The fourth-order valence-electron chi connectivity index (χ4n) is 14.6. The standard InChI is InChI=1S/C69H114ClF3N12O12/c1-16-44(7)58-65(95)79(11)40-56(88)77(9)41-57(89)81(13)52(37-45-25-20-18-21-26-45)63(93)78(10)39-54(86)74-49(31-29-46-28-30-47(48(70)36-46)69(71,72)73)62(92)85-34-24-27-50(85)61(91)76-68(8,17-2)67(97)83(15)59(43(5)6)66(96)82(14)53(64(94)84-32-22-19-23-33-84)38-55(87)80(12)51(35-42(3)4)60(90)75-58/h42-53,58-59H,16-41H2,1-15H3,(H,74,86)(H,75,90)(H,76,91)/t44-,46?,47?,48?,49-,50-,51-,52-,53-,58-,59-,68-/m0/s1. The highest BCUT2D eigenvalue weighted by atomic mass is 35.5. The Morgan fingerprint density at radius 1 is 0.608 bits per heavy atom. The van der Waals surface area contributed by atoms with E-state index >= 15 is 14.4 Å². The SMILES string of the molecule is CC[C@H](C)[C@@H]1NC(=O)[C@H](CC(C)C)N(C)C(=O)C[C@@H](C(=O)N2CCCCC2)N(C)C(=O)[C@H](C(C)C)N(C)C(=O)[C@](C)(CC)NC(=O)[C@@H]2CCCN2C(=O)[C@H](CCC2CCC(C(F)(F)F)C(Cl)C2)NC(=O)CN(C)C(=O)[C@H](CC2CCCCC2)N(C)C(=O)CN(C)C(=O)CN(C)C1=O. The smallest absolute Gasteiger partial charge is 0.343 e. The van der Waals surface area contributed by atoms with Crippen LogP contribution in [0.25, 0.3) is 0 Å². The number of carbonyl (C=O) groups is 12. The van der Waals surface area contributed by atoms with E-state index in [4.69, 9.17) is 11.6 Å². The summed E-state index contributed by atoms with van der Waals surface area (Å²) in [5.74, 6) is -11.2. The van der Waals surface area contributed by atoms with Crippen molar-refractivity contribution in [2.45, 2.75) is 243 Å². The highest BCUT2D eigenvalue weighted by Crippen LogP contribution is 2.44. The van der Waals surface area contributed by atoms with Gasteiger partial charge in [0, 0.05) is 74.3 Å². The first kappa shape index (κ1) is 81.4. The summed E-state index contributed by atoms with van der Waals surface area (Å²) in [5, 5.41) is 7.36.